The topological polar surface area (TPSA) is 29.4 Å². The number of aliphatic imine (C=N–C) groups is 1. The Morgan fingerprint density at radius 3 is 2.52 bits per heavy atom. The summed E-state index contributed by atoms with van der Waals surface area (Å²) in [7, 11) is 0. The van der Waals surface area contributed by atoms with Gasteiger partial charge in [0.15, 0.2) is 0 Å². The van der Waals surface area contributed by atoms with Crippen molar-refractivity contribution < 1.29 is 4.79 Å². The van der Waals surface area contributed by atoms with Crippen LogP contribution in [0.25, 0.3) is 0 Å². The molecule has 1 heterocycles. The van der Waals surface area contributed by atoms with E-state index in [0.717, 1.165) is 17.5 Å². The predicted molar refractivity (Wildman–Crippen MR) is 86.3 cm³/mol. The highest BCUT2D eigenvalue weighted by molar-refractivity contribution is 6.52. The summed E-state index contributed by atoms with van der Waals surface area (Å²) in [6, 6.07) is 15.7. The highest BCUT2D eigenvalue weighted by Gasteiger charge is 2.30. The summed E-state index contributed by atoms with van der Waals surface area (Å²) in [5, 5.41) is 0. The summed E-state index contributed by atoms with van der Waals surface area (Å²) in [6.45, 7) is 6.20. The van der Waals surface area contributed by atoms with Crippen LogP contribution >= 0.6 is 0 Å². The molecule has 3 rings (SSSR count). The Labute approximate surface area is 125 Å². The van der Waals surface area contributed by atoms with Gasteiger partial charge < -0.3 is 0 Å². The maximum absolute atomic E-state index is 12.8. The van der Waals surface area contributed by atoms with Crippen LogP contribution in [0.4, 0.5) is 0 Å². The molecule has 2 heteroatoms. The normalized spacial score (nSPS) is 16.0. The number of rotatable bonds is 2. The van der Waals surface area contributed by atoms with E-state index in [2.05, 4.69) is 32.0 Å². The molecule has 0 unspecified atom stereocenters. The van der Waals surface area contributed by atoms with Gasteiger partial charge in [0, 0.05) is 11.1 Å². The first-order chi connectivity index (χ1) is 9.96. The maximum Gasteiger partial charge on any atom is 0.211 e. The Bertz CT molecular complexity index is 726. The fourth-order valence-electron chi connectivity index (χ4n) is 2.83. The summed E-state index contributed by atoms with van der Waals surface area (Å²) in [5.41, 5.74) is 4.41. The monoisotopic (exact) mass is 277 g/mol. The van der Waals surface area contributed by atoms with Crippen molar-refractivity contribution in [2.45, 2.75) is 32.7 Å². The highest BCUT2D eigenvalue weighted by Crippen LogP contribution is 2.28. The quantitative estimate of drug-likeness (QED) is 0.763. The van der Waals surface area contributed by atoms with Crippen LogP contribution in [-0.2, 0) is 6.42 Å². The number of fused-ring (bicyclic) bond motifs is 1. The number of aryl methyl sites for hydroxylation is 1. The minimum absolute atomic E-state index is 0.00947. The van der Waals surface area contributed by atoms with Crippen LogP contribution in [0.2, 0.25) is 0 Å². The van der Waals surface area contributed by atoms with E-state index in [-0.39, 0.29) is 11.3 Å². The molecular weight excluding hydrogens is 258 g/mol. The molecule has 1 aliphatic rings. The number of Topliss-reactive ketones (excluding diaryl/α,β-unsaturated/α-hetero) is 1. The zero-order chi connectivity index (χ0) is 15.0. The van der Waals surface area contributed by atoms with Gasteiger partial charge in [-0.25, -0.2) is 0 Å². The van der Waals surface area contributed by atoms with Gasteiger partial charge in [-0.2, -0.15) is 0 Å². The third kappa shape index (κ3) is 2.66. The summed E-state index contributed by atoms with van der Waals surface area (Å²) < 4.78 is 0. The van der Waals surface area contributed by atoms with Crippen LogP contribution in [0.1, 0.15) is 40.9 Å². The van der Waals surface area contributed by atoms with E-state index in [1.54, 1.807) is 0 Å². The molecule has 21 heavy (non-hydrogen) atoms. The summed E-state index contributed by atoms with van der Waals surface area (Å²) in [5.74, 6) is 0.00947. The molecule has 0 aliphatic carbocycles. The predicted octanol–water partition coefficient (Wildman–Crippen LogP) is 4.00. The van der Waals surface area contributed by atoms with Gasteiger partial charge in [0.05, 0.1) is 5.54 Å². The molecule has 0 fully saturated rings. The first-order valence-electron chi connectivity index (χ1n) is 7.26. The molecule has 0 radical (unpaired) electrons. The van der Waals surface area contributed by atoms with E-state index in [1.807, 2.05) is 37.3 Å². The van der Waals surface area contributed by atoms with Crippen molar-refractivity contribution in [2.24, 2.45) is 4.99 Å². The summed E-state index contributed by atoms with van der Waals surface area (Å²) >= 11 is 0. The molecule has 2 aromatic rings. The SMILES string of the molecule is Cc1ccc2c(c1)C(C(=O)c1ccccc1)=NC(C)(C)C2. The fourth-order valence-corrected chi connectivity index (χ4v) is 2.83. The first kappa shape index (κ1) is 13.7. The standard InChI is InChI=1S/C19H19NO/c1-13-9-10-15-12-19(2,3)20-17(16(15)11-13)18(21)14-7-5-4-6-8-14/h4-11H,12H2,1-3H3. The van der Waals surface area contributed by atoms with Crippen molar-refractivity contribution in [3.8, 4) is 0 Å². The molecular formula is C19H19NO. The molecule has 0 spiro atoms. The van der Waals surface area contributed by atoms with Gasteiger partial charge in [0.1, 0.15) is 5.71 Å². The number of carbonyl (C=O) groups excluding carboxylic acids is 1. The Balaban J connectivity index is 2.14. The van der Waals surface area contributed by atoms with Crippen LogP contribution in [0.3, 0.4) is 0 Å². The highest BCUT2D eigenvalue weighted by atomic mass is 16.1. The average Bonchev–Trinajstić information content (AvgIpc) is 2.46. The zero-order valence-corrected chi connectivity index (χ0v) is 12.7. The first-order valence-corrected chi connectivity index (χ1v) is 7.26. The van der Waals surface area contributed by atoms with Gasteiger partial charge in [0.2, 0.25) is 5.78 Å². The number of hydrogen-bond donors (Lipinski definition) is 0. The molecule has 0 saturated heterocycles. The Hall–Kier alpha value is -2.22. The Morgan fingerprint density at radius 1 is 1.10 bits per heavy atom. The minimum Gasteiger partial charge on any atom is -0.287 e. The van der Waals surface area contributed by atoms with Crippen molar-refractivity contribution in [1.82, 2.24) is 0 Å². The van der Waals surface area contributed by atoms with Crippen LogP contribution < -0.4 is 0 Å². The van der Waals surface area contributed by atoms with E-state index in [1.165, 1.54) is 5.56 Å². The molecule has 106 valence electrons. The summed E-state index contributed by atoms with van der Waals surface area (Å²) in [4.78, 5) is 17.6. The van der Waals surface area contributed by atoms with Crippen LogP contribution in [0, 0.1) is 6.92 Å². The smallest absolute Gasteiger partial charge is 0.211 e. The van der Waals surface area contributed by atoms with Gasteiger partial charge in [-0.15, -0.1) is 0 Å². The number of carbonyl (C=O) groups is 1. The van der Waals surface area contributed by atoms with Crippen molar-refractivity contribution in [3.05, 3.63) is 70.8 Å². The van der Waals surface area contributed by atoms with Gasteiger partial charge in [0.25, 0.3) is 0 Å². The lowest BCUT2D eigenvalue weighted by molar-refractivity contribution is 0.106. The lowest BCUT2D eigenvalue weighted by Gasteiger charge is -2.28. The van der Waals surface area contributed by atoms with Crippen LogP contribution in [0.15, 0.2) is 53.5 Å². The molecule has 1 aliphatic heterocycles. The third-order valence-corrected chi connectivity index (χ3v) is 3.81. The van der Waals surface area contributed by atoms with Crippen molar-refractivity contribution in [1.29, 1.82) is 0 Å². The Morgan fingerprint density at radius 2 is 1.81 bits per heavy atom. The lowest BCUT2D eigenvalue weighted by Crippen LogP contribution is -2.32. The molecule has 0 amide bonds. The number of hydrogen-bond acceptors (Lipinski definition) is 2. The lowest BCUT2D eigenvalue weighted by atomic mass is 9.84. The third-order valence-electron chi connectivity index (χ3n) is 3.81. The number of nitrogens with zero attached hydrogens (tertiary/aromatic N) is 1. The number of ketones is 1. The molecule has 2 nitrogen and oxygen atoms in total. The van der Waals surface area contributed by atoms with Crippen LogP contribution in [-0.4, -0.2) is 17.0 Å². The fraction of sp³-hybridized carbons (Fsp3) is 0.263. The average molecular weight is 277 g/mol. The molecule has 0 aromatic heterocycles. The van der Waals surface area contributed by atoms with Crippen molar-refractivity contribution in [3.63, 3.8) is 0 Å². The van der Waals surface area contributed by atoms with Crippen molar-refractivity contribution in [2.75, 3.05) is 0 Å². The largest absolute Gasteiger partial charge is 0.287 e. The molecule has 0 N–H and O–H groups in total. The molecule has 0 saturated carbocycles. The minimum atomic E-state index is -0.234. The van der Waals surface area contributed by atoms with Gasteiger partial charge >= 0.3 is 0 Å². The second-order valence-electron chi connectivity index (χ2n) is 6.31. The maximum atomic E-state index is 12.8. The Kier molecular flexibility index (Phi) is 3.25. The van der Waals surface area contributed by atoms with Crippen LogP contribution in [0.5, 0.6) is 0 Å². The van der Waals surface area contributed by atoms with Crippen molar-refractivity contribution >= 4 is 11.5 Å². The van der Waals surface area contributed by atoms with E-state index in [9.17, 15) is 4.79 Å². The van der Waals surface area contributed by atoms with E-state index in [4.69, 9.17) is 4.99 Å². The number of benzene rings is 2. The van der Waals surface area contributed by atoms with E-state index < -0.39 is 0 Å². The molecule has 2 aromatic carbocycles. The van der Waals surface area contributed by atoms with E-state index in [0.29, 0.717) is 11.3 Å². The van der Waals surface area contributed by atoms with Gasteiger partial charge in [-0.3, -0.25) is 9.79 Å². The zero-order valence-electron chi connectivity index (χ0n) is 12.7. The second kappa shape index (κ2) is 4.96. The molecule has 0 atom stereocenters. The van der Waals surface area contributed by atoms with Gasteiger partial charge in [-0.1, -0.05) is 48.0 Å². The molecule has 0 bridgehead atoms. The van der Waals surface area contributed by atoms with Gasteiger partial charge in [-0.05, 0) is 38.8 Å². The summed E-state index contributed by atoms with van der Waals surface area (Å²) in [6.07, 6.45) is 0.869. The second-order valence-corrected chi connectivity index (χ2v) is 6.31. The van der Waals surface area contributed by atoms with E-state index >= 15 is 0 Å².